The first-order valence-corrected chi connectivity index (χ1v) is 7.87. The summed E-state index contributed by atoms with van der Waals surface area (Å²) in [7, 11) is 0. The fraction of sp³-hybridized carbons (Fsp3) is 0.278. The Morgan fingerprint density at radius 2 is 1.73 bits per heavy atom. The number of aryl methyl sites for hydroxylation is 1. The third-order valence-corrected chi connectivity index (χ3v) is 3.71. The highest BCUT2D eigenvalue weighted by Crippen LogP contribution is 2.05. The fourth-order valence-electron chi connectivity index (χ4n) is 2.16. The van der Waals surface area contributed by atoms with Gasteiger partial charge in [-0.3, -0.25) is 0 Å². The zero-order chi connectivity index (χ0) is 15.8. The molecule has 0 amide bonds. The van der Waals surface area contributed by atoms with Crippen LogP contribution in [0.2, 0.25) is 0 Å². The molecule has 2 aromatic carbocycles. The van der Waals surface area contributed by atoms with Crippen molar-refractivity contribution in [1.82, 2.24) is 10.6 Å². The number of benzene rings is 2. The first-order valence-electron chi connectivity index (χ1n) is 7.46. The molecule has 2 N–H and O–H groups in total. The van der Waals surface area contributed by atoms with Crippen LogP contribution < -0.4 is 10.6 Å². The maximum Gasteiger partial charge on any atom is 0.166 e. The van der Waals surface area contributed by atoms with Crippen LogP contribution in [0.1, 0.15) is 24.5 Å². The van der Waals surface area contributed by atoms with Gasteiger partial charge in [0.25, 0.3) is 0 Å². The molecular weight excluding hydrogens is 295 g/mol. The molecule has 0 aromatic heterocycles. The Kier molecular flexibility index (Phi) is 6.34. The van der Waals surface area contributed by atoms with Crippen LogP contribution in [0.25, 0.3) is 0 Å². The number of halogens is 1. The molecule has 116 valence electrons. The molecule has 0 heterocycles. The van der Waals surface area contributed by atoms with Crippen molar-refractivity contribution in [2.24, 2.45) is 0 Å². The molecule has 0 saturated carbocycles. The van der Waals surface area contributed by atoms with E-state index in [1.54, 1.807) is 12.1 Å². The van der Waals surface area contributed by atoms with Gasteiger partial charge in [-0.15, -0.1) is 0 Å². The molecule has 0 aliphatic carbocycles. The average Bonchev–Trinajstić information content (AvgIpc) is 2.53. The highest BCUT2D eigenvalue weighted by atomic mass is 32.1. The van der Waals surface area contributed by atoms with Crippen LogP contribution in [-0.2, 0) is 13.0 Å². The molecule has 0 spiro atoms. The molecule has 0 radical (unpaired) electrons. The first kappa shape index (κ1) is 16.4. The minimum atomic E-state index is -0.223. The molecule has 0 unspecified atom stereocenters. The molecule has 0 aliphatic rings. The van der Waals surface area contributed by atoms with E-state index < -0.39 is 0 Å². The molecule has 0 bridgehead atoms. The zero-order valence-corrected chi connectivity index (χ0v) is 13.5. The summed E-state index contributed by atoms with van der Waals surface area (Å²) >= 11 is 5.29. The Morgan fingerprint density at radius 1 is 1.05 bits per heavy atom. The van der Waals surface area contributed by atoms with E-state index in [1.165, 1.54) is 17.7 Å². The SMILES string of the molecule is C[C@@H](CCc1ccccc1)NC(=S)NCc1ccc(F)cc1. The van der Waals surface area contributed by atoms with Crippen LogP contribution in [0.4, 0.5) is 4.39 Å². The minimum absolute atomic E-state index is 0.223. The van der Waals surface area contributed by atoms with E-state index in [-0.39, 0.29) is 5.82 Å². The van der Waals surface area contributed by atoms with Gasteiger partial charge in [0.05, 0.1) is 0 Å². The van der Waals surface area contributed by atoms with Crippen molar-refractivity contribution < 1.29 is 4.39 Å². The Labute approximate surface area is 136 Å². The summed E-state index contributed by atoms with van der Waals surface area (Å²) in [5.41, 5.74) is 2.34. The van der Waals surface area contributed by atoms with Crippen LogP contribution in [0.3, 0.4) is 0 Å². The van der Waals surface area contributed by atoms with Gasteiger partial charge in [-0.25, -0.2) is 4.39 Å². The van der Waals surface area contributed by atoms with Gasteiger partial charge < -0.3 is 10.6 Å². The maximum absolute atomic E-state index is 12.8. The van der Waals surface area contributed by atoms with Gasteiger partial charge in [0.15, 0.2) is 5.11 Å². The highest BCUT2D eigenvalue weighted by molar-refractivity contribution is 7.80. The summed E-state index contributed by atoms with van der Waals surface area (Å²) in [6.07, 6.45) is 2.04. The molecule has 0 fully saturated rings. The molecule has 0 aliphatic heterocycles. The molecule has 22 heavy (non-hydrogen) atoms. The van der Waals surface area contributed by atoms with E-state index in [0.717, 1.165) is 18.4 Å². The van der Waals surface area contributed by atoms with Gasteiger partial charge in [0.1, 0.15) is 5.82 Å². The summed E-state index contributed by atoms with van der Waals surface area (Å²) in [5.74, 6) is -0.223. The van der Waals surface area contributed by atoms with Gasteiger partial charge in [0, 0.05) is 12.6 Å². The van der Waals surface area contributed by atoms with Crippen molar-refractivity contribution in [2.45, 2.75) is 32.4 Å². The second-order valence-electron chi connectivity index (χ2n) is 5.38. The summed E-state index contributed by atoms with van der Waals surface area (Å²) < 4.78 is 12.8. The van der Waals surface area contributed by atoms with Crippen LogP contribution in [-0.4, -0.2) is 11.2 Å². The normalized spacial score (nSPS) is 11.7. The standard InChI is InChI=1S/C18H21FN2S/c1-14(7-8-15-5-3-2-4-6-15)21-18(22)20-13-16-9-11-17(19)12-10-16/h2-6,9-12,14H,7-8,13H2,1H3,(H2,20,21,22)/t14-/m0/s1. The predicted molar refractivity (Wildman–Crippen MR) is 93.2 cm³/mol. The number of hydrogen-bond acceptors (Lipinski definition) is 1. The van der Waals surface area contributed by atoms with Crippen molar-refractivity contribution >= 4 is 17.3 Å². The van der Waals surface area contributed by atoms with Gasteiger partial charge in [-0.05, 0) is 55.2 Å². The number of hydrogen-bond donors (Lipinski definition) is 2. The molecular formula is C18H21FN2S. The molecule has 2 rings (SSSR count). The van der Waals surface area contributed by atoms with Crippen LogP contribution in [0.15, 0.2) is 54.6 Å². The number of thiocarbonyl (C=S) groups is 1. The van der Waals surface area contributed by atoms with E-state index in [1.807, 2.05) is 6.07 Å². The monoisotopic (exact) mass is 316 g/mol. The molecule has 0 saturated heterocycles. The number of rotatable bonds is 6. The van der Waals surface area contributed by atoms with Gasteiger partial charge >= 0.3 is 0 Å². The molecule has 4 heteroatoms. The van der Waals surface area contributed by atoms with Crippen molar-refractivity contribution in [3.63, 3.8) is 0 Å². The second-order valence-corrected chi connectivity index (χ2v) is 5.79. The van der Waals surface area contributed by atoms with Gasteiger partial charge in [-0.2, -0.15) is 0 Å². The van der Waals surface area contributed by atoms with E-state index >= 15 is 0 Å². The Morgan fingerprint density at radius 3 is 2.41 bits per heavy atom. The van der Waals surface area contributed by atoms with Gasteiger partial charge in [-0.1, -0.05) is 42.5 Å². The lowest BCUT2D eigenvalue weighted by Crippen LogP contribution is -2.40. The molecule has 2 nitrogen and oxygen atoms in total. The number of nitrogens with one attached hydrogen (secondary N) is 2. The Balaban J connectivity index is 1.68. The Bertz CT molecular complexity index is 584. The first-order chi connectivity index (χ1) is 10.6. The van der Waals surface area contributed by atoms with Crippen molar-refractivity contribution in [3.05, 3.63) is 71.5 Å². The minimum Gasteiger partial charge on any atom is -0.360 e. The topological polar surface area (TPSA) is 24.1 Å². The summed E-state index contributed by atoms with van der Waals surface area (Å²) in [4.78, 5) is 0. The molecule has 2 aromatic rings. The summed E-state index contributed by atoms with van der Waals surface area (Å²) in [5, 5.41) is 7.05. The quantitative estimate of drug-likeness (QED) is 0.793. The molecule has 1 atom stereocenters. The zero-order valence-electron chi connectivity index (χ0n) is 12.7. The van der Waals surface area contributed by atoms with Crippen LogP contribution >= 0.6 is 12.2 Å². The largest absolute Gasteiger partial charge is 0.360 e. The van der Waals surface area contributed by atoms with E-state index in [9.17, 15) is 4.39 Å². The predicted octanol–water partition coefficient (Wildman–Crippen LogP) is 3.81. The Hall–Kier alpha value is -1.94. The fourth-order valence-corrected chi connectivity index (χ4v) is 2.43. The summed E-state index contributed by atoms with van der Waals surface area (Å²) in [6, 6.07) is 17.1. The van der Waals surface area contributed by atoms with Crippen LogP contribution in [0, 0.1) is 5.82 Å². The van der Waals surface area contributed by atoms with Crippen molar-refractivity contribution in [1.29, 1.82) is 0 Å². The van der Waals surface area contributed by atoms with Gasteiger partial charge in [0.2, 0.25) is 0 Å². The van der Waals surface area contributed by atoms with Crippen molar-refractivity contribution in [2.75, 3.05) is 0 Å². The maximum atomic E-state index is 12.8. The smallest absolute Gasteiger partial charge is 0.166 e. The average molecular weight is 316 g/mol. The lowest BCUT2D eigenvalue weighted by atomic mass is 10.1. The lowest BCUT2D eigenvalue weighted by molar-refractivity contribution is 0.599. The van der Waals surface area contributed by atoms with Crippen LogP contribution in [0.5, 0.6) is 0 Å². The lowest BCUT2D eigenvalue weighted by Gasteiger charge is -2.17. The summed E-state index contributed by atoms with van der Waals surface area (Å²) in [6.45, 7) is 2.71. The second kappa shape index (κ2) is 8.49. The third kappa shape index (κ3) is 5.82. The van der Waals surface area contributed by atoms with Crippen molar-refractivity contribution in [3.8, 4) is 0 Å². The third-order valence-electron chi connectivity index (χ3n) is 3.45. The highest BCUT2D eigenvalue weighted by Gasteiger charge is 2.04. The van der Waals surface area contributed by atoms with E-state index in [2.05, 4.69) is 41.8 Å². The van der Waals surface area contributed by atoms with E-state index in [0.29, 0.717) is 17.7 Å². The van der Waals surface area contributed by atoms with E-state index in [4.69, 9.17) is 12.2 Å².